The van der Waals surface area contributed by atoms with Gasteiger partial charge in [-0.15, -0.1) is 0 Å². The Hall–Kier alpha value is -3.06. The first-order valence-corrected chi connectivity index (χ1v) is 8.76. The Labute approximate surface area is 160 Å². The molecule has 0 aliphatic rings. The number of furan rings is 1. The molecule has 0 saturated heterocycles. The lowest BCUT2D eigenvalue weighted by Gasteiger charge is -2.19. The average Bonchev–Trinajstić information content (AvgIpc) is 3.20. The number of amides is 1. The predicted octanol–water partition coefficient (Wildman–Crippen LogP) is 3.98. The van der Waals surface area contributed by atoms with E-state index in [2.05, 4.69) is 5.32 Å². The molecule has 3 N–H and O–H groups in total. The van der Waals surface area contributed by atoms with Gasteiger partial charge in [-0.1, -0.05) is 36.4 Å². The molecule has 0 unspecified atom stereocenters. The Morgan fingerprint density at radius 2 is 1.79 bits per heavy atom. The molecule has 0 radical (unpaired) electrons. The number of nitrogens with two attached hydrogens (primary N) is 1. The average molecular weight is 389 g/mol. The molecule has 3 rings (SSSR count). The van der Waals surface area contributed by atoms with E-state index in [4.69, 9.17) is 4.42 Å². The molecular formula is C21H20F3N2O2+. The molecule has 1 amide bonds. The Morgan fingerprint density at radius 1 is 1.04 bits per heavy atom. The van der Waals surface area contributed by atoms with Crippen molar-refractivity contribution in [1.82, 2.24) is 0 Å². The fraction of sp³-hybridized carbons (Fsp3) is 0.190. The van der Waals surface area contributed by atoms with Crippen LogP contribution in [0.2, 0.25) is 0 Å². The van der Waals surface area contributed by atoms with Crippen molar-refractivity contribution in [2.24, 2.45) is 0 Å². The molecule has 0 aliphatic carbocycles. The van der Waals surface area contributed by atoms with Crippen LogP contribution in [-0.2, 0) is 11.0 Å². The van der Waals surface area contributed by atoms with E-state index in [1.54, 1.807) is 19.3 Å². The lowest BCUT2D eigenvalue weighted by atomic mass is 10.0. The molecule has 0 saturated carbocycles. The molecule has 0 spiro atoms. The van der Waals surface area contributed by atoms with Gasteiger partial charge in [0.15, 0.2) is 17.8 Å². The van der Waals surface area contributed by atoms with E-state index >= 15 is 0 Å². The number of hydrogen-bond acceptors (Lipinski definition) is 2. The second-order valence-corrected chi connectivity index (χ2v) is 6.45. The van der Waals surface area contributed by atoms with Crippen molar-refractivity contribution in [2.45, 2.75) is 25.2 Å². The molecule has 0 aliphatic heterocycles. The monoisotopic (exact) mass is 389 g/mol. The van der Waals surface area contributed by atoms with Crippen LogP contribution in [0.15, 0.2) is 77.4 Å². The molecule has 1 aromatic heterocycles. The first-order chi connectivity index (χ1) is 13.3. The summed E-state index contributed by atoms with van der Waals surface area (Å²) in [5.74, 6) is 0.289. The van der Waals surface area contributed by atoms with Gasteiger partial charge in [-0.05, 0) is 37.3 Å². The molecule has 28 heavy (non-hydrogen) atoms. The summed E-state index contributed by atoms with van der Waals surface area (Å²) in [4.78, 5) is 12.6. The smallest absolute Gasteiger partial charge is 0.416 e. The van der Waals surface area contributed by atoms with Crippen LogP contribution in [0.25, 0.3) is 0 Å². The van der Waals surface area contributed by atoms with Gasteiger partial charge < -0.3 is 15.1 Å². The van der Waals surface area contributed by atoms with Crippen molar-refractivity contribution in [1.29, 1.82) is 0 Å². The van der Waals surface area contributed by atoms with Gasteiger partial charge in [-0.2, -0.15) is 13.2 Å². The van der Waals surface area contributed by atoms with Crippen LogP contribution in [0, 0.1) is 0 Å². The standard InChI is InChI=1S/C21H19F3N2O2/c1-14(20(27)26-17-10-5-9-16(13-17)21(22,23)24)25-19(18-11-6-12-28-18)15-7-3-2-4-8-15/h2-14,19,25H,1H3,(H,26,27)/p+1/t14-,19+/m1/s1. The third-order valence-corrected chi connectivity index (χ3v) is 4.36. The summed E-state index contributed by atoms with van der Waals surface area (Å²) in [6, 6.07) is 16.9. The fourth-order valence-corrected chi connectivity index (χ4v) is 2.90. The van der Waals surface area contributed by atoms with E-state index in [0.717, 1.165) is 17.7 Å². The van der Waals surface area contributed by atoms with E-state index in [9.17, 15) is 18.0 Å². The van der Waals surface area contributed by atoms with Crippen LogP contribution in [0.4, 0.5) is 18.9 Å². The largest absolute Gasteiger partial charge is 0.463 e. The minimum absolute atomic E-state index is 0.106. The van der Waals surface area contributed by atoms with Crippen molar-refractivity contribution >= 4 is 11.6 Å². The maximum Gasteiger partial charge on any atom is 0.416 e. The molecule has 0 fully saturated rings. The van der Waals surface area contributed by atoms with Crippen molar-refractivity contribution in [2.75, 3.05) is 5.32 Å². The molecule has 7 heteroatoms. The number of nitrogens with one attached hydrogen (secondary N) is 1. The first-order valence-electron chi connectivity index (χ1n) is 8.76. The van der Waals surface area contributed by atoms with Crippen LogP contribution in [0.5, 0.6) is 0 Å². The summed E-state index contributed by atoms with van der Waals surface area (Å²) in [6.07, 6.45) is -2.90. The predicted molar refractivity (Wildman–Crippen MR) is 98.5 cm³/mol. The zero-order chi connectivity index (χ0) is 20.1. The third kappa shape index (κ3) is 4.80. The lowest BCUT2D eigenvalue weighted by molar-refractivity contribution is -0.706. The van der Waals surface area contributed by atoms with Crippen molar-refractivity contribution in [3.8, 4) is 0 Å². The van der Waals surface area contributed by atoms with Gasteiger partial charge in [0, 0.05) is 11.3 Å². The molecular weight excluding hydrogens is 369 g/mol. The van der Waals surface area contributed by atoms with E-state index in [1.807, 2.05) is 41.7 Å². The van der Waals surface area contributed by atoms with Gasteiger partial charge in [-0.25, -0.2) is 0 Å². The number of carbonyl (C=O) groups is 1. The van der Waals surface area contributed by atoms with Crippen LogP contribution >= 0.6 is 0 Å². The summed E-state index contributed by atoms with van der Waals surface area (Å²) in [5.41, 5.74) is 0.255. The maximum absolute atomic E-state index is 12.9. The second-order valence-electron chi connectivity index (χ2n) is 6.45. The van der Waals surface area contributed by atoms with Gasteiger partial charge in [0.05, 0.1) is 11.8 Å². The normalized spacial score (nSPS) is 13.7. The number of anilines is 1. The van der Waals surface area contributed by atoms with Gasteiger partial charge in [-0.3, -0.25) is 4.79 Å². The number of halogens is 3. The Bertz CT molecular complexity index is 909. The van der Waals surface area contributed by atoms with Gasteiger partial charge in [0.1, 0.15) is 0 Å². The zero-order valence-electron chi connectivity index (χ0n) is 15.1. The molecule has 2 aromatic carbocycles. The topological polar surface area (TPSA) is 58.9 Å². The number of alkyl halides is 3. The van der Waals surface area contributed by atoms with Crippen molar-refractivity contribution in [3.63, 3.8) is 0 Å². The summed E-state index contributed by atoms with van der Waals surface area (Å²) < 4.78 is 44.1. The highest BCUT2D eigenvalue weighted by molar-refractivity contribution is 5.93. The number of rotatable bonds is 6. The Balaban J connectivity index is 1.74. The number of benzene rings is 2. The van der Waals surface area contributed by atoms with E-state index in [-0.39, 0.29) is 11.7 Å². The van der Waals surface area contributed by atoms with Gasteiger partial charge in [0.2, 0.25) is 0 Å². The molecule has 1 heterocycles. The van der Waals surface area contributed by atoms with Crippen LogP contribution in [-0.4, -0.2) is 11.9 Å². The third-order valence-electron chi connectivity index (χ3n) is 4.36. The van der Waals surface area contributed by atoms with Crippen molar-refractivity contribution < 1.29 is 27.7 Å². The first kappa shape index (κ1) is 19.7. The highest BCUT2D eigenvalue weighted by atomic mass is 19.4. The van der Waals surface area contributed by atoms with Crippen LogP contribution in [0.3, 0.4) is 0 Å². The molecule has 146 valence electrons. The summed E-state index contributed by atoms with van der Waals surface area (Å²) >= 11 is 0. The quantitative estimate of drug-likeness (QED) is 0.670. The van der Waals surface area contributed by atoms with E-state index in [0.29, 0.717) is 5.76 Å². The zero-order valence-corrected chi connectivity index (χ0v) is 15.1. The Morgan fingerprint density at radius 3 is 2.43 bits per heavy atom. The van der Waals surface area contributed by atoms with Gasteiger partial charge >= 0.3 is 6.18 Å². The number of hydrogen-bond donors (Lipinski definition) is 2. The van der Waals surface area contributed by atoms with Crippen molar-refractivity contribution in [3.05, 3.63) is 89.9 Å². The lowest BCUT2D eigenvalue weighted by Crippen LogP contribution is -2.92. The Kier molecular flexibility index (Phi) is 5.84. The summed E-state index contributed by atoms with van der Waals surface area (Å²) in [7, 11) is 0. The fourth-order valence-electron chi connectivity index (χ4n) is 2.90. The number of quaternary nitrogens is 1. The van der Waals surface area contributed by atoms with Crippen LogP contribution in [0.1, 0.15) is 29.9 Å². The number of carbonyl (C=O) groups excluding carboxylic acids is 1. The molecule has 3 aromatic rings. The van der Waals surface area contributed by atoms with Gasteiger partial charge in [0.25, 0.3) is 5.91 Å². The minimum Gasteiger partial charge on any atom is -0.463 e. The molecule has 4 nitrogen and oxygen atoms in total. The van der Waals surface area contributed by atoms with Crippen LogP contribution < -0.4 is 10.6 Å². The highest BCUT2D eigenvalue weighted by Gasteiger charge is 2.31. The summed E-state index contributed by atoms with van der Waals surface area (Å²) in [6.45, 7) is 1.70. The minimum atomic E-state index is -4.46. The maximum atomic E-state index is 12.9. The van der Waals surface area contributed by atoms with E-state index < -0.39 is 23.7 Å². The highest BCUT2D eigenvalue weighted by Crippen LogP contribution is 2.30. The molecule has 2 atom stereocenters. The summed E-state index contributed by atoms with van der Waals surface area (Å²) in [5, 5.41) is 4.37. The SMILES string of the molecule is C[C@@H]([NH2+][C@@H](c1ccccc1)c1ccco1)C(=O)Nc1cccc(C(F)(F)F)c1. The molecule has 0 bridgehead atoms. The van der Waals surface area contributed by atoms with E-state index in [1.165, 1.54) is 12.1 Å². The second kappa shape index (κ2) is 8.31.